The van der Waals surface area contributed by atoms with Crippen LogP contribution in [0.4, 0.5) is 5.82 Å². The largest absolute Gasteiger partial charge is 0.353 e. The van der Waals surface area contributed by atoms with Crippen LogP contribution >= 0.6 is 0 Å². The molecule has 1 fully saturated rings. The highest BCUT2D eigenvalue weighted by molar-refractivity contribution is 5.38. The van der Waals surface area contributed by atoms with Gasteiger partial charge in [0.15, 0.2) is 0 Å². The lowest BCUT2D eigenvalue weighted by Crippen LogP contribution is -2.50. The van der Waals surface area contributed by atoms with E-state index >= 15 is 0 Å². The quantitative estimate of drug-likeness (QED) is 0.838. The molecule has 0 spiro atoms. The van der Waals surface area contributed by atoms with E-state index < -0.39 is 0 Å². The molecule has 0 aliphatic carbocycles. The Labute approximate surface area is 121 Å². The summed E-state index contributed by atoms with van der Waals surface area (Å²) in [6, 6.07) is 2.49. The van der Waals surface area contributed by atoms with Crippen molar-refractivity contribution in [2.24, 2.45) is 0 Å². The zero-order chi connectivity index (χ0) is 14.5. The number of piperazine rings is 1. The van der Waals surface area contributed by atoms with Crippen LogP contribution in [0.5, 0.6) is 0 Å². The van der Waals surface area contributed by atoms with Crippen LogP contribution in [0.15, 0.2) is 6.20 Å². The summed E-state index contributed by atoms with van der Waals surface area (Å²) in [5.74, 6) is 0.955. The molecule has 0 aromatic carbocycles. The number of hydrogen-bond donors (Lipinski definition) is 0. The molecule has 1 saturated heterocycles. The van der Waals surface area contributed by atoms with Gasteiger partial charge >= 0.3 is 0 Å². The first-order valence-corrected chi connectivity index (χ1v) is 7.34. The lowest BCUT2D eigenvalue weighted by molar-refractivity contribution is 0.211. The standard InChI is InChI=1S/C15H23N5/c1-4-5-14(10-16)19-6-8-20(9-7-19)15-11-17-12(2)13(3)18-15/h11,14H,4-9H2,1-3H3. The van der Waals surface area contributed by atoms with Gasteiger partial charge in [-0.05, 0) is 20.3 Å². The highest BCUT2D eigenvalue weighted by Crippen LogP contribution is 2.16. The van der Waals surface area contributed by atoms with Gasteiger partial charge in [-0.3, -0.25) is 9.88 Å². The molecule has 5 nitrogen and oxygen atoms in total. The highest BCUT2D eigenvalue weighted by atomic mass is 15.3. The van der Waals surface area contributed by atoms with Crippen LogP contribution in [0.1, 0.15) is 31.2 Å². The van der Waals surface area contributed by atoms with Gasteiger partial charge in [0.2, 0.25) is 0 Å². The SMILES string of the molecule is CCCC(C#N)N1CCN(c2cnc(C)c(C)n2)CC1. The third-order valence-electron chi connectivity index (χ3n) is 3.97. The second-order valence-corrected chi connectivity index (χ2v) is 5.36. The Morgan fingerprint density at radius 3 is 2.50 bits per heavy atom. The Morgan fingerprint density at radius 2 is 1.95 bits per heavy atom. The van der Waals surface area contributed by atoms with Crippen molar-refractivity contribution < 1.29 is 0 Å². The molecule has 108 valence electrons. The van der Waals surface area contributed by atoms with E-state index in [0.29, 0.717) is 0 Å². The van der Waals surface area contributed by atoms with Gasteiger partial charge < -0.3 is 4.90 Å². The van der Waals surface area contributed by atoms with Crippen LogP contribution < -0.4 is 4.90 Å². The molecule has 0 saturated carbocycles. The van der Waals surface area contributed by atoms with E-state index in [1.807, 2.05) is 20.0 Å². The van der Waals surface area contributed by atoms with E-state index in [1.165, 1.54) is 0 Å². The summed E-state index contributed by atoms with van der Waals surface area (Å²) in [7, 11) is 0. The topological polar surface area (TPSA) is 56.1 Å². The molecular formula is C15H23N5. The van der Waals surface area contributed by atoms with Crippen molar-refractivity contribution in [3.63, 3.8) is 0 Å². The van der Waals surface area contributed by atoms with Gasteiger partial charge in [-0.25, -0.2) is 4.98 Å². The maximum Gasteiger partial charge on any atom is 0.147 e. The van der Waals surface area contributed by atoms with E-state index in [1.54, 1.807) is 0 Å². The van der Waals surface area contributed by atoms with Crippen LogP contribution in [0.25, 0.3) is 0 Å². The molecule has 2 rings (SSSR count). The van der Waals surface area contributed by atoms with Crippen LogP contribution in [-0.2, 0) is 0 Å². The number of aromatic nitrogens is 2. The maximum absolute atomic E-state index is 9.23. The first-order chi connectivity index (χ1) is 9.65. The minimum atomic E-state index is 0.0630. The number of hydrogen-bond acceptors (Lipinski definition) is 5. The number of rotatable bonds is 4. The average Bonchev–Trinajstić information content (AvgIpc) is 2.48. The van der Waals surface area contributed by atoms with Crippen molar-refractivity contribution in [3.8, 4) is 6.07 Å². The number of nitriles is 1. The van der Waals surface area contributed by atoms with Crippen molar-refractivity contribution >= 4 is 5.82 Å². The third-order valence-corrected chi connectivity index (χ3v) is 3.97. The number of nitrogens with zero attached hydrogens (tertiary/aromatic N) is 5. The molecule has 1 atom stereocenters. The Kier molecular flexibility index (Phi) is 4.91. The molecule has 1 aliphatic heterocycles. The first-order valence-electron chi connectivity index (χ1n) is 7.34. The zero-order valence-corrected chi connectivity index (χ0v) is 12.6. The van der Waals surface area contributed by atoms with Crippen molar-refractivity contribution in [3.05, 3.63) is 17.6 Å². The molecule has 0 bridgehead atoms. The first kappa shape index (κ1) is 14.7. The van der Waals surface area contributed by atoms with E-state index in [0.717, 1.165) is 56.2 Å². The fraction of sp³-hybridized carbons (Fsp3) is 0.667. The molecule has 0 amide bonds. The molecule has 0 radical (unpaired) electrons. The highest BCUT2D eigenvalue weighted by Gasteiger charge is 2.23. The average molecular weight is 273 g/mol. The third kappa shape index (κ3) is 3.26. The second-order valence-electron chi connectivity index (χ2n) is 5.36. The molecule has 2 heterocycles. The maximum atomic E-state index is 9.23. The molecule has 1 unspecified atom stereocenters. The Morgan fingerprint density at radius 1 is 1.25 bits per heavy atom. The summed E-state index contributed by atoms with van der Waals surface area (Å²) >= 11 is 0. The number of aryl methyl sites for hydroxylation is 2. The van der Waals surface area contributed by atoms with Crippen LogP contribution in [0, 0.1) is 25.2 Å². The van der Waals surface area contributed by atoms with Crippen molar-refractivity contribution in [1.82, 2.24) is 14.9 Å². The van der Waals surface area contributed by atoms with E-state index in [9.17, 15) is 5.26 Å². The van der Waals surface area contributed by atoms with Crippen LogP contribution in [0.2, 0.25) is 0 Å². The number of anilines is 1. The van der Waals surface area contributed by atoms with Gasteiger partial charge in [-0.2, -0.15) is 5.26 Å². The molecule has 1 aliphatic rings. The molecular weight excluding hydrogens is 250 g/mol. The Balaban J connectivity index is 1.97. The summed E-state index contributed by atoms with van der Waals surface area (Å²) in [6.45, 7) is 9.78. The summed E-state index contributed by atoms with van der Waals surface area (Å²) < 4.78 is 0. The van der Waals surface area contributed by atoms with Crippen molar-refractivity contribution in [1.29, 1.82) is 5.26 Å². The molecule has 1 aromatic rings. The molecule has 1 aromatic heterocycles. The lowest BCUT2D eigenvalue weighted by atomic mass is 10.1. The van der Waals surface area contributed by atoms with E-state index in [4.69, 9.17) is 0 Å². The second kappa shape index (κ2) is 6.67. The van der Waals surface area contributed by atoms with Gasteiger partial charge in [-0.1, -0.05) is 13.3 Å². The minimum Gasteiger partial charge on any atom is -0.353 e. The predicted molar refractivity (Wildman–Crippen MR) is 79.6 cm³/mol. The molecule has 5 heteroatoms. The summed E-state index contributed by atoms with van der Waals surface area (Å²) in [6.07, 6.45) is 3.87. The van der Waals surface area contributed by atoms with Crippen LogP contribution in [0.3, 0.4) is 0 Å². The van der Waals surface area contributed by atoms with Gasteiger partial charge in [0.1, 0.15) is 5.82 Å². The smallest absolute Gasteiger partial charge is 0.147 e. The Hall–Kier alpha value is -1.67. The van der Waals surface area contributed by atoms with E-state index in [2.05, 4.69) is 32.8 Å². The van der Waals surface area contributed by atoms with Gasteiger partial charge in [0, 0.05) is 26.2 Å². The van der Waals surface area contributed by atoms with Crippen molar-refractivity contribution in [2.45, 2.75) is 39.7 Å². The van der Waals surface area contributed by atoms with Gasteiger partial charge in [0.25, 0.3) is 0 Å². The summed E-state index contributed by atoms with van der Waals surface area (Å²) in [4.78, 5) is 13.5. The monoisotopic (exact) mass is 273 g/mol. The zero-order valence-electron chi connectivity index (χ0n) is 12.6. The Bertz CT molecular complexity index is 486. The van der Waals surface area contributed by atoms with Crippen LogP contribution in [-0.4, -0.2) is 47.1 Å². The molecule has 20 heavy (non-hydrogen) atoms. The lowest BCUT2D eigenvalue weighted by Gasteiger charge is -2.37. The fourth-order valence-electron chi connectivity index (χ4n) is 2.55. The fourth-order valence-corrected chi connectivity index (χ4v) is 2.55. The summed E-state index contributed by atoms with van der Waals surface area (Å²) in [5, 5.41) is 9.23. The van der Waals surface area contributed by atoms with Gasteiger partial charge in [-0.15, -0.1) is 0 Å². The van der Waals surface area contributed by atoms with E-state index in [-0.39, 0.29) is 6.04 Å². The summed E-state index contributed by atoms with van der Waals surface area (Å²) in [5.41, 5.74) is 1.98. The normalized spacial score (nSPS) is 17.8. The van der Waals surface area contributed by atoms with Crippen molar-refractivity contribution in [2.75, 3.05) is 31.1 Å². The predicted octanol–water partition coefficient (Wildman–Crippen LogP) is 1.91. The minimum absolute atomic E-state index is 0.0630. The molecule has 0 N–H and O–H groups in total. The van der Waals surface area contributed by atoms with Gasteiger partial charge in [0.05, 0.1) is 29.7 Å².